The molecule has 112 valence electrons. The predicted molar refractivity (Wildman–Crippen MR) is 77.3 cm³/mol. The summed E-state index contributed by atoms with van der Waals surface area (Å²) < 4.78 is 29.2. The van der Waals surface area contributed by atoms with Crippen molar-refractivity contribution in [3.05, 3.63) is 48.2 Å². The number of benzene rings is 1. The van der Waals surface area contributed by atoms with Gasteiger partial charge in [-0.3, -0.25) is 4.98 Å². The molecule has 0 saturated carbocycles. The van der Waals surface area contributed by atoms with Crippen LogP contribution in [-0.2, 0) is 6.54 Å². The van der Waals surface area contributed by atoms with Crippen LogP contribution < -0.4 is 5.32 Å². The number of hydrogen-bond donors (Lipinski definition) is 1. The summed E-state index contributed by atoms with van der Waals surface area (Å²) >= 11 is 0. The van der Waals surface area contributed by atoms with Gasteiger partial charge < -0.3 is 5.32 Å². The van der Waals surface area contributed by atoms with E-state index in [0.29, 0.717) is 11.1 Å². The highest BCUT2D eigenvalue weighted by atomic mass is 19.1. The molecule has 1 aliphatic heterocycles. The quantitative estimate of drug-likeness (QED) is 0.790. The summed E-state index contributed by atoms with van der Waals surface area (Å²) in [5.41, 5.74) is 0.800. The topological polar surface area (TPSA) is 55.6 Å². The zero-order chi connectivity index (χ0) is 15.1. The van der Waals surface area contributed by atoms with E-state index in [1.165, 1.54) is 18.6 Å². The van der Waals surface area contributed by atoms with Crippen LogP contribution in [0.15, 0.2) is 30.7 Å². The summed E-state index contributed by atoms with van der Waals surface area (Å²) in [6, 6.07) is 3.82. The first-order valence-corrected chi connectivity index (χ1v) is 7.10. The van der Waals surface area contributed by atoms with Gasteiger partial charge in [-0.05, 0) is 25.0 Å². The van der Waals surface area contributed by atoms with E-state index in [1.807, 2.05) is 4.68 Å². The van der Waals surface area contributed by atoms with Crippen molar-refractivity contribution in [2.75, 3.05) is 5.32 Å². The lowest BCUT2D eigenvalue weighted by molar-refractivity contribution is 0.438. The van der Waals surface area contributed by atoms with Gasteiger partial charge in [0.25, 0.3) is 0 Å². The molecule has 4 rings (SSSR count). The molecule has 3 heterocycles. The predicted octanol–water partition coefficient (Wildman–Crippen LogP) is 3.05. The second-order valence-electron chi connectivity index (χ2n) is 5.32. The van der Waals surface area contributed by atoms with Crippen LogP contribution in [0.1, 0.15) is 24.7 Å². The Morgan fingerprint density at radius 1 is 1.23 bits per heavy atom. The Morgan fingerprint density at radius 2 is 2.14 bits per heavy atom. The van der Waals surface area contributed by atoms with Gasteiger partial charge in [-0.1, -0.05) is 0 Å². The van der Waals surface area contributed by atoms with E-state index < -0.39 is 11.6 Å². The van der Waals surface area contributed by atoms with Gasteiger partial charge in [0.15, 0.2) is 5.82 Å². The number of fused-ring (bicyclic) bond motifs is 2. The van der Waals surface area contributed by atoms with E-state index in [-0.39, 0.29) is 11.6 Å². The largest absolute Gasteiger partial charge is 0.374 e. The number of pyridine rings is 1. The maximum absolute atomic E-state index is 13.8. The average molecular weight is 301 g/mol. The summed E-state index contributed by atoms with van der Waals surface area (Å²) in [6.07, 6.45) is 4.90. The third-order valence-corrected chi connectivity index (χ3v) is 3.91. The highest BCUT2D eigenvalue weighted by Crippen LogP contribution is 2.31. The number of aryl methyl sites for hydroxylation is 1. The van der Waals surface area contributed by atoms with Crippen molar-refractivity contribution in [2.45, 2.75) is 25.4 Å². The smallest absolute Gasteiger partial charge is 0.152 e. The average Bonchev–Trinajstić information content (AvgIpc) is 2.97. The first-order chi connectivity index (χ1) is 10.7. The monoisotopic (exact) mass is 301 g/mol. The zero-order valence-electron chi connectivity index (χ0n) is 11.6. The molecule has 0 radical (unpaired) electrons. The number of rotatable bonds is 2. The standard InChI is InChI=1S/C15H13F2N5/c16-9-6-10-12(3-4-18-14(10)11(17)7-9)21-13-2-1-5-22-15(13)19-8-20-22/h3-4,6-8,13H,1-2,5H2,(H,18,21). The molecule has 0 saturated heterocycles. The fourth-order valence-electron chi connectivity index (χ4n) is 2.92. The molecule has 1 N–H and O–H groups in total. The molecule has 0 amide bonds. The molecular weight excluding hydrogens is 288 g/mol. The molecule has 2 aromatic heterocycles. The molecule has 3 aromatic rings. The normalized spacial score (nSPS) is 17.5. The molecule has 5 nitrogen and oxygen atoms in total. The van der Waals surface area contributed by atoms with Crippen LogP contribution >= 0.6 is 0 Å². The van der Waals surface area contributed by atoms with Gasteiger partial charge in [0.1, 0.15) is 23.5 Å². The highest BCUT2D eigenvalue weighted by Gasteiger charge is 2.23. The summed E-state index contributed by atoms with van der Waals surface area (Å²) in [4.78, 5) is 8.27. The third kappa shape index (κ3) is 2.09. The van der Waals surface area contributed by atoms with Gasteiger partial charge in [-0.25, -0.2) is 18.4 Å². The van der Waals surface area contributed by atoms with Gasteiger partial charge >= 0.3 is 0 Å². The summed E-state index contributed by atoms with van der Waals surface area (Å²) in [5.74, 6) is -0.439. The van der Waals surface area contributed by atoms with E-state index in [9.17, 15) is 8.78 Å². The molecule has 1 unspecified atom stereocenters. The van der Waals surface area contributed by atoms with E-state index in [0.717, 1.165) is 31.3 Å². The minimum atomic E-state index is -0.662. The van der Waals surface area contributed by atoms with Crippen molar-refractivity contribution in [3.8, 4) is 0 Å². The van der Waals surface area contributed by atoms with E-state index in [2.05, 4.69) is 20.4 Å². The van der Waals surface area contributed by atoms with E-state index >= 15 is 0 Å². The number of nitrogens with zero attached hydrogens (tertiary/aromatic N) is 4. The van der Waals surface area contributed by atoms with Crippen LogP contribution in [0.2, 0.25) is 0 Å². The Hall–Kier alpha value is -2.57. The van der Waals surface area contributed by atoms with E-state index in [1.54, 1.807) is 6.07 Å². The van der Waals surface area contributed by atoms with Gasteiger partial charge in [-0.15, -0.1) is 0 Å². The van der Waals surface area contributed by atoms with Gasteiger partial charge in [0, 0.05) is 29.9 Å². The van der Waals surface area contributed by atoms with Gasteiger partial charge in [0.05, 0.1) is 6.04 Å². The molecule has 1 atom stereocenters. The molecule has 7 heteroatoms. The van der Waals surface area contributed by atoms with Crippen LogP contribution in [-0.4, -0.2) is 19.7 Å². The zero-order valence-corrected chi connectivity index (χ0v) is 11.6. The molecule has 0 bridgehead atoms. The van der Waals surface area contributed by atoms with Crippen LogP contribution in [0.25, 0.3) is 10.9 Å². The summed E-state index contributed by atoms with van der Waals surface area (Å²) in [5, 5.41) is 7.92. The first kappa shape index (κ1) is 13.1. The van der Waals surface area contributed by atoms with Crippen molar-refractivity contribution < 1.29 is 8.78 Å². The molecule has 22 heavy (non-hydrogen) atoms. The number of hydrogen-bond acceptors (Lipinski definition) is 4. The molecule has 1 aromatic carbocycles. The Balaban J connectivity index is 1.77. The molecular formula is C15H13F2N5. The van der Waals surface area contributed by atoms with Crippen LogP contribution in [0.3, 0.4) is 0 Å². The molecule has 0 fully saturated rings. The maximum Gasteiger partial charge on any atom is 0.152 e. The molecule has 0 spiro atoms. The Bertz CT molecular complexity index is 845. The third-order valence-electron chi connectivity index (χ3n) is 3.91. The first-order valence-electron chi connectivity index (χ1n) is 7.10. The number of halogens is 2. The lowest BCUT2D eigenvalue weighted by Crippen LogP contribution is -2.22. The molecule has 1 aliphatic rings. The van der Waals surface area contributed by atoms with Crippen LogP contribution in [0.5, 0.6) is 0 Å². The summed E-state index contributed by atoms with van der Waals surface area (Å²) in [6.45, 7) is 0.841. The molecule has 0 aliphatic carbocycles. The van der Waals surface area contributed by atoms with Crippen LogP contribution in [0.4, 0.5) is 14.5 Å². The minimum Gasteiger partial charge on any atom is -0.374 e. The maximum atomic E-state index is 13.8. The van der Waals surface area contributed by atoms with Crippen molar-refractivity contribution >= 4 is 16.6 Å². The van der Waals surface area contributed by atoms with E-state index in [4.69, 9.17) is 0 Å². The lowest BCUT2D eigenvalue weighted by Gasteiger charge is -2.24. The second-order valence-corrected chi connectivity index (χ2v) is 5.32. The van der Waals surface area contributed by atoms with Crippen molar-refractivity contribution in [3.63, 3.8) is 0 Å². The van der Waals surface area contributed by atoms with Crippen molar-refractivity contribution in [2.24, 2.45) is 0 Å². The number of aromatic nitrogens is 4. The van der Waals surface area contributed by atoms with Crippen molar-refractivity contribution in [1.29, 1.82) is 0 Å². The fraction of sp³-hybridized carbons (Fsp3) is 0.267. The lowest BCUT2D eigenvalue weighted by atomic mass is 10.1. The summed E-state index contributed by atoms with van der Waals surface area (Å²) in [7, 11) is 0. The number of anilines is 1. The van der Waals surface area contributed by atoms with Gasteiger partial charge in [0.2, 0.25) is 0 Å². The minimum absolute atomic E-state index is 0.0341. The van der Waals surface area contributed by atoms with Gasteiger partial charge in [-0.2, -0.15) is 5.10 Å². The SMILES string of the molecule is Fc1cc(F)c2nccc(NC3CCCn4ncnc43)c2c1. The highest BCUT2D eigenvalue weighted by molar-refractivity contribution is 5.91. The number of nitrogens with one attached hydrogen (secondary N) is 1. The fourth-order valence-corrected chi connectivity index (χ4v) is 2.92. The Labute approximate surface area is 125 Å². The Kier molecular flexibility index (Phi) is 2.99. The van der Waals surface area contributed by atoms with Crippen molar-refractivity contribution in [1.82, 2.24) is 19.7 Å². The Morgan fingerprint density at radius 3 is 3.05 bits per heavy atom. The second kappa shape index (κ2) is 5.01. The van der Waals surface area contributed by atoms with Crippen LogP contribution in [0, 0.1) is 11.6 Å².